The number of rotatable bonds is 2. The Morgan fingerprint density at radius 1 is 0.594 bits per heavy atom. The Bertz CT molecular complexity index is 884. The van der Waals surface area contributed by atoms with E-state index in [4.69, 9.17) is 17.0 Å². The van der Waals surface area contributed by atoms with Gasteiger partial charge in [0.15, 0.2) is 0 Å². The molecule has 0 spiro atoms. The van der Waals surface area contributed by atoms with Gasteiger partial charge in [0.05, 0.1) is 0 Å². The molecule has 0 bridgehead atoms. The Balaban J connectivity index is 0.000000236. The van der Waals surface area contributed by atoms with E-state index in [-0.39, 0.29) is 9.52 Å². The molecule has 4 rings (SSSR count). The Labute approximate surface area is 216 Å². The van der Waals surface area contributed by atoms with Crippen LogP contribution in [0.2, 0.25) is 0 Å². The molecule has 32 heavy (non-hydrogen) atoms. The van der Waals surface area contributed by atoms with Gasteiger partial charge in [-0.15, -0.1) is 0 Å². The molecule has 0 aliphatic heterocycles. The normalized spacial score (nSPS) is 9.25. The monoisotopic (exact) mass is 557 g/mol. The van der Waals surface area contributed by atoms with E-state index in [0.29, 0.717) is 0 Å². The first-order chi connectivity index (χ1) is 15.3. The van der Waals surface area contributed by atoms with Crippen molar-refractivity contribution in [2.45, 2.75) is 41.5 Å². The SMILES string of the molecule is Cc1cc(C)c(C)[cH-]1.Cc1cc(C)c(C)[cH-]1.[Cl][Zr+2][Cl].c1ccc([SiH]c2ccccc2)cc1. The minimum atomic E-state index is -0.826. The molecule has 0 aromatic heterocycles. The summed E-state index contributed by atoms with van der Waals surface area (Å²) >= 11 is -0.826. The van der Waals surface area contributed by atoms with Gasteiger partial charge in [0.2, 0.25) is 0 Å². The van der Waals surface area contributed by atoms with Crippen LogP contribution in [0.25, 0.3) is 0 Å². The van der Waals surface area contributed by atoms with Crippen molar-refractivity contribution in [2.75, 3.05) is 0 Å². The minimum Gasteiger partial charge on any atom is -0.0632 e. The Hall–Kier alpha value is -1.18. The van der Waals surface area contributed by atoms with Crippen molar-refractivity contribution in [3.63, 3.8) is 0 Å². The maximum Gasteiger partial charge on any atom is 0.103 e. The van der Waals surface area contributed by atoms with Gasteiger partial charge in [-0.1, -0.05) is 113 Å². The molecule has 0 nitrogen and oxygen atoms in total. The van der Waals surface area contributed by atoms with Gasteiger partial charge in [-0.05, 0) is 0 Å². The molecule has 167 valence electrons. The van der Waals surface area contributed by atoms with Crippen LogP contribution in [0.4, 0.5) is 0 Å². The van der Waals surface area contributed by atoms with Crippen molar-refractivity contribution >= 4 is 36.9 Å². The fraction of sp³-hybridized carbons (Fsp3) is 0.214. The molecule has 0 fully saturated rings. The van der Waals surface area contributed by atoms with Gasteiger partial charge in [-0.25, -0.2) is 12.1 Å². The summed E-state index contributed by atoms with van der Waals surface area (Å²) in [6.07, 6.45) is 0. The fourth-order valence-electron chi connectivity index (χ4n) is 3.20. The molecule has 0 aliphatic rings. The van der Waals surface area contributed by atoms with Gasteiger partial charge in [0.25, 0.3) is 0 Å². The van der Waals surface area contributed by atoms with E-state index >= 15 is 0 Å². The van der Waals surface area contributed by atoms with Crippen molar-refractivity contribution < 1.29 is 20.8 Å². The molecule has 0 saturated heterocycles. The van der Waals surface area contributed by atoms with Crippen LogP contribution in [-0.2, 0) is 20.8 Å². The van der Waals surface area contributed by atoms with E-state index in [2.05, 4.69) is 126 Å². The van der Waals surface area contributed by atoms with E-state index in [1.54, 1.807) is 0 Å². The molecule has 1 radical (unpaired) electrons. The second kappa shape index (κ2) is 16.4. The van der Waals surface area contributed by atoms with Crippen molar-refractivity contribution in [3.05, 3.63) is 118 Å². The van der Waals surface area contributed by atoms with E-state index in [0.717, 1.165) is 0 Å². The standard InChI is InChI=1S/C12H11Si.2C8H11.2ClH.Zr/c1-3-7-11(8-4-1)13-12-9-5-2-6-10-12;2*1-6-4-7(2)8(3)5-6;;;/h1-10,13H;2*4-5H,1-3H3;2*1H;/q;2*-1;;;+4/p-2. The predicted molar refractivity (Wildman–Crippen MR) is 143 cm³/mol. The second-order valence-electron chi connectivity index (χ2n) is 7.83. The van der Waals surface area contributed by atoms with E-state index in [1.807, 2.05) is 0 Å². The summed E-state index contributed by atoms with van der Waals surface area (Å²) in [4.78, 5) is 0. The quantitative estimate of drug-likeness (QED) is 0.181. The third-order valence-corrected chi connectivity index (χ3v) is 6.39. The first-order valence-electron chi connectivity index (χ1n) is 10.6. The Morgan fingerprint density at radius 2 is 0.906 bits per heavy atom. The zero-order valence-corrected chi connectivity index (χ0v) is 25.0. The summed E-state index contributed by atoms with van der Waals surface area (Å²) in [5, 5.41) is 2.90. The number of halogens is 2. The predicted octanol–water partition coefficient (Wildman–Crippen LogP) is 7.11. The molecule has 0 amide bonds. The molecule has 0 atom stereocenters. The summed E-state index contributed by atoms with van der Waals surface area (Å²) in [5.74, 6) is 0. The summed E-state index contributed by atoms with van der Waals surface area (Å²) in [6, 6.07) is 30.1. The van der Waals surface area contributed by atoms with Crippen LogP contribution >= 0.6 is 17.0 Å². The van der Waals surface area contributed by atoms with E-state index in [9.17, 15) is 0 Å². The largest absolute Gasteiger partial charge is 0.103 e. The summed E-state index contributed by atoms with van der Waals surface area (Å²) in [6.45, 7) is 12.8. The van der Waals surface area contributed by atoms with Gasteiger partial charge in [-0.3, -0.25) is 0 Å². The van der Waals surface area contributed by atoms with Crippen LogP contribution in [0.1, 0.15) is 33.4 Å². The number of aryl methyl sites for hydroxylation is 6. The van der Waals surface area contributed by atoms with Gasteiger partial charge < -0.3 is 0 Å². The molecule has 4 heteroatoms. The molecule has 0 saturated carbocycles. The molecule has 0 aliphatic carbocycles. The second-order valence-corrected chi connectivity index (χ2v) is 13.2. The van der Waals surface area contributed by atoms with Crippen molar-refractivity contribution in [1.29, 1.82) is 0 Å². The van der Waals surface area contributed by atoms with Gasteiger partial charge in [0, 0.05) is 0 Å². The Kier molecular flexibility index (Phi) is 14.8. The summed E-state index contributed by atoms with van der Waals surface area (Å²) in [7, 11) is 10.1. The fourth-order valence-corrected chi connectivity index (χ4v) is 4.41. The average molecular weight is 560 g/mol. The third-order valence-electron chi connectivity index (χ3n) is 4.95. The van der Waals surface area contributed by atoms with Crippen LogP contribution in [0.5, 0.6) is 0 Å². The first-order valence-corrected chi connectivity index (χ1v) is 18.1. The first kappa shape index (κ1) is 28.9. The zero-order chi connectivity index (χ0) is 23.9. The van der Waals surface area contributed by atoms with Gasteiger partial charge in [0.1, 0.15) is 9.52 Å². The van der Waals surface area contributed by atoms with Crippen LogP contribution in [0, 0.1) is 41.5 Å². The van der Waals surface area contributed by atoms with Crippen LogP contribution in [-0.4, -0.2) is 9.52 Å². The molecule has 4 aromatic carbocycles. The van der Waals surface area contributed by atoms with Crippen LogP contribution < -0.4 is 10.4 Å². The third kappa shape index (κ3) is 12.2. The van der Waals surface area contributed by atoms with Crippen LogP contribution in [0.15, 0.2) is 84.9 Å². The minimum absolute atomic E-state index is 0.271. The van der Waals surface area contributed by atoms with Crippen molar-refractivity contribution in [3.8, 4) is 0 Å². The number of hydrogen-bond donors (Lipinski definition) is 0. The smallest absolute Gasteiger partial charge is 0.0632 e. The maximum atomic E-state index is 4.93. The molecule has 0 unspecified atom stereocenters. The summed E-state index contributed by atoms with van der Waals surface area (Å²) < 4.78 is 0. The molecular formula is C28H33Cl2SiZr. The Morgan fingerprint density at radius 3 is 1.09 bits per heavy atom. The maximum absolute atomic E-state index is 4.93. The van der Waals surface area contributed by atoms with Crippen LogP contribution in [0.3, 0.4) is 0 Å². The molecule has 4 aromatic rings. The van der Waals surface area contributed by atoms with Crippen molar-refractivity contribution in [2.24, 2.45) is 0 Å². The van der Waals surface area contributed by atoms with Gasteiger partial charge in [-0.2, -0.15) is 45.5 Å². The molecule has 0 N–H and O–H groups in total. The van der Waals surface area contributed by atoms with Crippen molar-refractivity contribution in [1.82, 2.24) is 0 Å². The van der Waals surface area contributed by atoms with E-state index < -0.39 is 20.8 Å². The zero-order valence-electron chi connectivity index (χ0n) is 19.9. The molecule has 0 heterocycles. The molecular weight excluding hydrogens is 527 g/mol. The summed E-state index contributed by atoms with van der Waals surface area (Å²) in [5.41, 5.74) is 8.37. The topological polar surface area (TPSA) is 0 Å². The van der Waals surface area contributed by atoms with Gasteiger partial charge >= 0.3 is 37.9 Å². The number of hydrogen-bond acceptors (Lipinski definition) is 0. The average Bonchev–Trinajstić information content (AvgIpc) is 3.22. The number of benzene rings is 2. The van der Waals surface area contributed by atoms with E-state index in [1.165, 1.54) is 43.8 Å².